The maximum Gasteiger partial charge on any atom is 0.214 e. The van der Waals surface area contributed by atoms with Gasteiger partial charge in [0.1, 0.15) is 12.2 Å². The standard InChI is InChI=1S/C15H26N4O2S/c1-2-3-4-10-22(20,21)18-9-5-6-13(11-18)15-17-16-12-19(15)14-7-8-14/h12-14H,2-11H2,1H3/t13-/m1/s1. The molecule has 0 radical (unpaired) electrons. The van der Waals surface area contributed by atoms with Crippen molar-refractivity contribution < 1.29 is 8.42 Å². The number of aromatic nitrogens is 3. The second kappa shape index (κ2) is 6.66. The Hall–Kier alpha value is -0.950. The molecule has 1 aliphatic carbocycles. The smallest absolute Gasteiger partial charge is 0.214 e. The summed E-state index contributed by atoms with van der Waals surface area (Å²) in [5.41, 5.74) is 0. The van der Waals surface area contributed by atoms with Gasteiger partial charge < -0.3 is 4.57 Å². The molecule has 0 unspecified atom stereocenters. The Bertz CT molecular complexity index is 594. The maximum atomic E-state index is 12.5. The summed E-state index contributed by atoms with van der Waals surface area (Å²) in [6, 6.07) is 0.543. The van der Waals surface area contributed by atoms with E-state index in [2.05, 4.69) is 21.7 Å². The molecule has 1 saturated heterocycles. The molecule has 1 aliphatic heterocycles. The van der Waals surface area contributed by atoms with Gasteiger partial charge in [-0.2, -0.15) is 0 Å². The summed E-state index contributed by atoms with van der Waals surface area (Å²) in [5, 5.41) is 8.34. The third-order valence-electron chi connectivity index (χ3n) is 4.69. The van der Waals surface area contributed by atoms with E-state index >= 15 is 0 Å². The summed E-state index contributed by atoms with van der Waals surface area (Å²) in [6.45, 7) is 3.32. The second-order valence-electron chi connectivity index (χ2n) is 6.55. The van der Waals surface area contributed by atoms with E-state index in [0.717, 1.165) is 37.9 Å². The van der Waals surface area contributed by atoms with E-state index in [0.29, 0.717) is 19.1 Å². The second-order valence-corrected chi connectivity index (χ2v) is 8.64. The van der Waals surface area contributed by atoms with Crippen LogP contribution >= 0.6 is 0 Å². The quantitative estimate of drug-likeness (QED) is 0.721. The predicted octanol–water partition coefficient (Wildman–Crippen LogP) is 2.31. The lowest BCUT2D eigenvalue weighted by atomic mass is 9.99. The zero-order valence-corrected chi connectivity index (χ0v) is 14.1. The number of hydrogen-bond acceptors (Lipinski definition) is 4. The van der Waals surface area contributed by atoms with Crippen molar-refractivity contribution in [3.63, 3.8) is 0 Å². The monoisotopic (exact) mass is 326 g/mol. The van der Waals surface area contributed by atoms with Gasteiger partial charge in [-0.1, -0.05) is 19.8 Å². The first kappa shape index (κ1) is 15.9. The molecule has 3 rings (SSSR count). The van der Waals surface area contributed by atoms with Crippen molar-refractivity contribution in [2.24, 2.45) is 0 Å². The lowest BCUT2D eigenvalue weighted by Crippen LogP contribution is -2.40. The summed E-state index contributed by atoms with van der Waals surface area (Å²) in [6.07, 6.45) is 8.89. The number of sulfonamides is 1. The Labute approximate surface area is 133 Å². The van der Waals surface area contributed by atoms with Crippen LogP contribution in [-0.4, -0.2) is 46.3 Å². The van der Waals surface area contributed by atoms with E-state index in [1.165, 1.54) is 12.8 Å². The van der Waals surface area contributed by atoms with Gasteiger partial charge in [0.25, 0.3) is 0 Å². The highest BCUT2D eigenvalue weighted by Gasteiger charge is 2.34. The fraction of sp³-hybridized carbons (Fsp3) is 0.867. The molecule has 0 N–H and O–H groups in total. The molecule has 0 aromatic carbocycles. The van der Waals surface area contributed by atoms with Crippen LogP contribution in [0.2, 0.25) is 0 Å². The number of hydrogen-bond donors (Lipinski definition) is 0. The van der Waals surface area contributed by atoms with Crippen LogP contribution in [0.25, 0.3) is 0 Å². The zero-order chi connectivity index (χ0) is 15.6. The molecule has 124 valence electrons. The molecule has 7 heteroatoms. The Morgan fingerprint density at radius 2 is 2.09 bits per heavy atom. The summed E-state index contributed by atoms with van der Waals surface area (Å²) >= 11 is 0. The van der Waals surface area contributed by atoms with Crippen LogP contribution in [0.1, 0.15) is 69.7 Å². The predicted molar refractivity (Wildman–Crippen MR) is 85.2 cm³/mol. The minimum absolute atomic E-state index is 0.192. The normalized spacial score (nSPS) is 23.8. The largest absolute Gasteiger partial charge is 0.314 e. The van der Waals surface area contributed by atoms with Gasteiger partial charge in [0.05, 0.1) is 5.75 Å². The van der Waals surface area contributed by atoms with Crippen molar-refractivity contribution in [1.82, 2.24) is 19.1 Å². The van der Waals surface area contributed by atoms with Gasteiger partial charge in [-0.15, -0.1) is 10.2 Å². The fourth-order valence-electron chi connectivity index (χ4n) is 3.25. The first-order valence-corrected chi connectivity index (χ1v) is 10.1. The molecule has 1 saturated carbocycles. The third kappa shape index (κ3) is 3.51. The van der Waals surface area contributed by atoms with Crippen molar-refractivity contribution >= 4 is 10.0 Å². The molecule has 2 heterocycles. The highest BCUT2D eigenvalue weighted by atomic mass is 32.2. The maximum absolute atomic E-state index is 12.5. The van der Waals surface area contributed by atoms with E-state index in [1.54, 1.807) is 4.31 Å². The summed E-state index contributed by atoms with van der Waals surface area (Å²) in [5.74, 6) is 1.46. The lowest BCUT2D eigenvalue weighted by molar-refractivity contribution is 0.304. The SMILES string of the molecule is CCCCCS(=O)(=O)N1CCC[C@@H](c2nncn2C2CC2)C1. The topological polar surface area (TPSA) is 68.1 Å². The van der Waals surface area contributed by atoms with Crippen LogP contribution in [0.4, 0.5) is 0 Å². The van der Waals surface area contributed by atoms with Gasteiger partial charge in [-0.3, -0.25) is 0 Å². The Balaban J connectivity index is 1.67. The molecule has 6 nitrogen and oxygen atoms in total. The third-order valence-corrected chi connectivity index (χ3v) is 6.61. The van der Waals surface area contributed by atoms with Crippen LogP contribution in [0.3, 0.4) is 0 Å². The highest BCUT2D eigenvalue weighted by Crippen LogP contribution is 2.38. The first-order chi connectivity index (χ1) is 10.6. The Kier molecular flexibility index (Phi) is 4.82. The minimum atomic E-state index is -3.12. The summed E-state index contributed by atoms with van der Waals surface area (Å²) in [4.78, 5) is 0. The average molecular weight is 326 g/mol. The lowest BCUT2D eigenvalue weighted by Gasteiger charge is -2.31. The van der Waals surface area contributed by atoms with E-state index < -0.39 is 10.0 Å². The zero-order valence-electron chi connectivity index (χ0n) is 13.3. The van der Waals surface area contributed by atoms with Crippen molar-refractivity contribution in [2.45, 2.75) is 63.8 Å². The van der Waals surface area contributed by atoms with E-state index in [9.17, 15) is 8.42 Å². The number of unbranched alkanes of at least 4 members (excludes halogenated alkanes) is 2. The molecule has 2 fully saturated rings. The molecular weight excluding hydrogens is 300 g/mol. The van der Waals surface area contributed by atoms with Crippen molar-refractivity contribution in [3.8, 4) is 0 Å². The molecule has 1 aromatic heterocycles. The number of piperidine rings is 1. The molecule has 0 amide bonds. The molecule has 22 heavy (non-hydrogen) atoms. The number of rotatable bonds is 7. The Morgan fingerprint density at radius 1 is 1.27 bits per heavy atom. The van der Waals surface area contributed by atoms with Crippen molar-refractivity contribution in [1.29, 1.82) is 0 Å². The van der Waals surface area contributed by atoms with Crippen molar-refractivity contribution in [3.05, 3.63) is 12.2 Å². The summed E-state index contributed by atoms with van der Waals surface area (Å²) < 4.78 is 28.8. The molecule has 0 bridgehead atoms. The van der Waals surface area contributed by atoms with E-state index in [4.69, 9.17) is 0 Å². The molecule has 2 aliphatic rings. The van der Waals surface area contributed by atoms with E-state index in [1.807, 2.05) is 6.33 Å². The van der Waals surface area contributed by atoms with Gasteiger partial charge in [0, 0.05) is 25.0 Å². The van der Waals surface area contributed by atoms with Gasteiger partial charge in [-0.25, -0.2) is 12.7 Å². The van der Waals surface area contributed by atoms with Gasteiger partial charge in [0.15, 0.2) is 0 Å². The van der Waals surface area contributed by atoms with Crippen LogP contribution in [0, 0.1) is 0 Å². The highest BCUT2D eigenvalue weighted by molar-refractivity contribution is 7.89. The summed E-state index contributed by atoms with van der Waals surface area (Å²) in [7, 11) is -3.12. The van der Waals surface area contributed by atoms with Gasteiger partial charge >= 0.3 is 0 Å². The minimum Gasteiger partial charge on any atom is -0.314 e. The van der Waals surface area contributed by atoms with Crippen LogP contribution in [0.15, 0.2) is 6.33 Å². The first-order valence-electron chi connectivity index (χ1n) is 8.49. The fourth-order valence-corrected chi connectivity index (χ4v) is 4.89. The van der Waals surface area contributed by atoms with E-state index in [-0.39, 0.29) is 11.7 Å². The molecule has 1 aromatic rings. The molecular formula is C15H26N4O2S. The molecule has 0 spiro atoms. The molecule has 1 atom stereocenters. The number of nitrogens with zero attached hydrogens (tertiary/aromatic N) is 4. The van der Waals surface area contributed by atoms with Gasteiger partial charge in [0.2, 0.25) is 10.0 Å². The van der Waals surface area contributed by atoms with Crippen LogP contribution in [0.5, 0.6) is 0 Å². The van der Waals surface area contributed by atoms with Gasteiger partial charge in [-0.05, 0) is 32.1 Å². The van der Waals surface area contributed by atoms with Crippen molar-refractivity contribution in [2.75, 3.05) is 18.8 Å². The Morgan fingerprint density at radius 3 is 2.82 bits per heavy atom. The van der Waals surface area contributed by atoms with Crippen LogP contribution < -0.4 is 0 Å². The average Bonchev–Trinajstić information content (AvgIpc) is 3.24. The van der Waals surface area contributed by atoms with Crippen LogP contribution in [-0.2, 0) is 10.0 Å².